The molecule has 4 aromatic rings. The third-order valence-electron chi connectivity index (χ3n) is 6.18. The maximum atomic E-state index is 12.9. The molecule has 2 aromatic carbocycles. The zero-order valence-corrected chi connectivity index (χ0v) is 19.6. The molecule has 1 amide bonds. The molecule has 3 heterocycles. The third-order valence-corrected chi connectivity index (χ3v) is 6.18. The molecule has 0 spiro atoms. The third kappa shape index (κ3) is 3.92. The summed E-state index contributed by atoms with van der Waals surface area (Å²) in [5.41, 5.74) is 2.23. The second kappa shape index (κ2) is 8.90. The van der Waals surface area contributed by atoms with Gasteiger partial charge in [-0.25, -0.2) is 0 Å². The van der Waals surface area contributed by atoms with Crippen molar-refractivity contribution in [1.29, 1.82) is 0 Å². The number of anilines is 1. The van der Waals surface area contributed by atoms with Gasteiger partial charge in [-0.2, -0.15) is 0 Å². The number of benzene rings is 2. The number of amides is 1. The summed E-state index contributed by atoms with van der Waals surface area (Å²) >= 11 is 0. The van der Waals surface area contributed by atoms with Crippen molar-refractivity contribution in [3.8, 4) is 0 Å². The van der Waals surface area contributed by atoms with E-state index in [9.17, 15) is 9.59 Å². The predicted molar refractivity (Wildman–Crippen MR) is 130 cm³/mol. The highest BCUT2D eigenvalue weighted by Gasteiger charge is 2.26. The molecule has 1 N–H and O–H groups in total. The SMILES string of the molecule is CCn1c(=O)c2ccccc2n2c(CNc3ccc(C(=O)N4CC(C)OC(C)C4)cc3)nnc12. The van der Waals surface area contributed by atoms with E-state index < -0.39 is 0 Å². The fourth-order valence-corrected chi connectivity index (χ4v) is 4.65. The number of nitrogens with one attached hydrogen (secondary N) is 1. The van der Waals surface area contributed by atoms with Gasteiger partial charge in [0.1, 0.15) is 0 Å². The van der Waals surface area contributed by atoms with Crippen LogP contribution in [0.3, 0.4) is 0 Å². The van der Waals surface area contributed by atoms with Crippen molar-refractivity contribution in [3.05, 3.63) is 70.3 Å². The molecule has 2 unspecified atom stereocenters. The van der Waals surface area contributed by atoms with Crippen molar-refractivity contribution in [1.82, 2.24) is 24.1 Å². The van der Waals surface area contributed by atoms with E-state index in [1.165, 1.54) is 0 Å². The standard InChI is InChI=1S/C25H28N6O3/c1-4-30-24(33)20-7-5-6-8-21(20)31-22(27-28-25(30)31)13-26-19-11-9-18(10-12-19)23(32)29-14-16(2)34-17(3)15-29/h5-12,16-17,26H,4,13-15H2,1-3H3. The minimum atomic E-state index is -0.0678. The molecule has 9 nitrogen and oxygen atoms in total. The molecule has 5 rings (SSSR count). The van der Waals surface area contributed by atoms with E-state index in [0.29, 0.717) is 48.7 Å². The Morgan fingerprint density at radius 1 is 1.06 bits per heavy atom. The number of carbonyl (C=O) groups excluding carboxylic acids is 1. The number of morpholine rings is 1. The van der Waals surface area contributed by atoms with Gasteiger partial charge in [0.2, 0.25) is 5.78 Å². The van der Waals surface area contributed by atoms with Crippen LogP contribution in [0.1, 0.15) is 37.0 Å². The number of aryl methyl sites for hydroxylation is 1. The molecule has 1 fully saturated rings. The van der Waals surface area contributed by atoms with Crippen LogP contribution in [0, 0.1) is 0 Å². The van der Waals surface area contributed by atoms with Crippen LogP contribution in [0.5, 0.6) is 0 Å². The lowest BCUT2D eigenvalue weighted by Crippen LogP contribution is -2.48. The van der Waals surface area contributed by atoms with Crippen LogP contribution in [0.15, 0.2) is 53.3 Å². The van der Waals surface area contributed by atoms with E-state index in [1.807, 2.05) is 78.6 Å². The van der Waals surface area contributed by atoms with Crippen LogP contribution in [0.4, 0.5) is 5.69 Å². The maximum absolute atomic E-state index is 12.9. The highest BCUT2D eigenvalue weighted by atomic mass is 16.5. The second-order valence-electron chi connectivity index (χ2n) is 8.72. The fourth-order valence-electron chi connectivity index (χ4n) is 4.65. The summed E-state index contributed by atoms with van der Waals surface area (Å²) in [5, 5.41) is 12.6. The molecule has 2 aromatic heterocycles. The number of fused-ring (bicyclic) bond motifs is 3. The molecule has 0 bridgehead atoms. The van der Waals surface area contributed by atoms with Crippen LogP contribution in [-0.4, -0.2) is 55.3 Å². The lowest BCUT2D eigenvalue weighted by Gasteiger charge is -2.35. The van der Waals surface area contributed by atoms with Crippen LogP contribution in [-0.2, 0) is 17.8 Å². The smallest absolute Gasteiger partial charge is 0.262 e. The van der Waals surface area contributed by atoms with Gasteiger partial charge in [-0.3, -0.25) is 18.6 Å². The average molecular weight is 461 g/mol. The van der Waals surface area contributed by atoms with Gasteiger partial charge in [0.05, 0.1) is 29.7 Å². The monoisotopic (exact) mass is 460 g/mol. The average Bonchev–Trinajstić information content (AvgIpc) is 3.26. The second-order valence-corrected chi connectivity index (χ2v) is 8.72. The first kappa shape index (κ1) is 22.1. The Balaban J connectivity index is 1.37. The summed E-state index contributed by atoms with van der Waals surface area (Å²) in [6.07, 6.45) is 0.0681. The summed E-state index contributed by atoms with van der Waals surface area (Å²) in [6, 6.07) is 15.0. The largest absolute Gasteiger partial charge is 0.378 e. The summed E-state index contributed by atoms with van der Waals surface area (Å²) in [4.78, 5) is 27.6. The Morgan fingerprint density at radius 3 is 2.47 bits per heavy atom. The van der Waals surface area contributed by atoms with E-state index in [-0.39, 0.29) is 23.7 Å². The van der Waals surface area contributed by atoms with Gasteiger partial charge in [0.25, 0.3) is 11.5 Å². The first-order chi connectivity index (χ1) is 16.5. The molecule has 0 saturated carbocycles. The molecule has 2 atom stereocenters. The minimum Gasteiger partial charge on any atom is -0.378 e. The number of hydrogen-bond donors (Lipinski definition) is 1. The van der Waals surface area contributed by atoms with Crippen molar-refractivity contribution < 1.29 is 9.53 Å². The zero-order valence-electron chi connectivity index (χ0n) is 19.6. The van der Waals surface area contributed by atoms with Gasteiger partial charge >= 0.3 is 0 Å². The van der Waals surface area contributed by atoms with Crippen molar-refractivity contribution in [2.24, 2.45) is 0 Å². The van der Waals surface area contributed by atoms with Gasteiger partial charge in [-0.1, -0.05) is 12.1 Å². The minimum absolute atomic E-state index is 0.0148. The lowest BCUT2D eigenvalue weighted by atomic mass is 10.1. The molecular formula is C25H28N6O3. The molecule has 0 radical (unpaired) electrons. The number of hydrogen-bond acceptors (Lipinski definition) is 6. The van der Waals surface area contributed by atoms with Crippen LogP contribution < -0.4 is 10.9 Å². The van der Waals surface area contributed by atoms with Crippen LogP contribution in [0.2, 0.25) is 0 Å². The number of rotatable bonds is 5. The van der Waals surface area contributed by atoms with Crippen molar-refractivity contribution in [3.63, 3.8) is 0 Å². The molecule has 1 aliphatic rings. The number of para-hydroxylation sites is 1. The Morgan fingerprint density at radius 2 is 1.76 bits per heavy atom. The zero-order chi connectivity index (χ0) is 23.8. The lowest BCUT2D eigenvalue weighted by molar-refractivity contribution is -0.0586. The number of carbonyl (C=O) groups is 1. The summed E-state index contributed by atoms with van der Waals surface area (Å²) in [5.74, 6) is 1.24. The van der Waals surface area contributed by atoms with E-state index in [2.05, 4.69) is 15.5 Å². The first-order valence-electron chi connectivity index (χ1n) is 11.6. The highest BCUT2D eigenvalue weighted by Crippen LogP contribution is 2.18. The Kier molecular flexibility index (Phi) is 5.79. The Bertz CT molecular complexity index is 1400. The molecule has 176 valence electrons. The number of ether oxygens (including phenoxy) is 1. The topological polar surface area (TPSA) is 93.8 Å². The Hall–Kier alpha value is -3.72. The van der Waals surface area contributed by atoms with E-state index in [4.69, 9.17) is 4.74 Å². The fraction of sp³-hybridized carbons (Fsp3) is 0.360. The van der Waals surface area contributed by atoms with Crippen molar-refractivity contribution in [2.75, 3.05) is 18.4 Å². The molecule has 9 heteroatoms. The van der Waals surface area contributed by atoms with E-state index in [0.717, 1.165) is 11.2 Å². The predicted octanol–water partition coefficient (Wildman–Crippen LogP) is 2.93. The first-order valence-corrected chi connectivity index (χ1v) is 11.6. The van der Waals surface area contributed by atoms with Crippen LogP contribution >= 0.6 is 0 Å². The van der Waals surface area contributed by atoms with Crippen molar-refractivity contribution in [2.45, 2.75) is 46.1 Å². The quantitative estimate of drug-likeness (QED) is 0.492. The van der Waals surface area contributed by atoms with Crippen molar-refractivity contribution >= 4 is 28.3 Å². The molecule has 0 aliphatic carbocycles. The van der Waals surface area contributed by atoms with Gasteiger partial charge in [-0.05, 0) is 57.2 Å². The summed E-state index contributed by atoms with van der Waals surface area (Å²) in [6.45, 7) is 8.01. The van der Waals surface area contributed by atoms with Gasteiger partial charge in [0.15, 0.2) is 5.82 Å². The number of nitrogens with zero attached hydrogens (tertiary/aromatic N) is 5. The maximum Gasteiger partial charge on any atom is 0.262 e. The normalized spacial score (nSPS) is 18.5. The summed E-state index contributed by atoms with van der Waals surface area (Å²) in [7, 11) is 0. The number of aromatic nitrogens is 4. The molecule has 1 aliphatic heterocycles. The summed E-state index contributed by atoms with van der Waals surface area (Å²) < 4.78 is 9.29. The van der Waals surface area contributed by atoms with Gasteiger partial charge < -0.3 is 15.0 Å². The molecule has 1 saturated heterocycles. The van der Waals surface area contributed by atoms with Gasteiger partial charge in [0, 0.05) is 30.9 Å². The van der Waals surface area contributed by atoms with Gasteiger partial charge in [-0.15, -0.1) is 10.2 Å². The molecular weight excluding hydrogens is 432 g/mol. The Labute approximate surface area is 197 Å². The van der Waals surface area contributed by atoms with E-state index >= 15 is 0 Å². The molecule has 34 heavy (non-hydrogen) atoms. The highest BCUT2D eigenvalue weighted by molar-refractivity contribution is 5.94. The van der Waals surface area contributed by atoms with E-state index in [1.54, 1.807) is 4.57 Å². The van der Waals surface area contributed by atoms with Crippen LogP contribution in [0.25, 0.3) is 16.7 Å².